The van der Waals surface area contributed by atoms with E-state index in [9.17, 15) is 10.4 Å². The molecular formula is C25H32N6O2. The minimum atomic E-state index is 0.126. The molecule has 1 aromatic heterocycles. The van der Waals surface area contributed by atoms with Crippen LogP contribution >= 0.6 is 0 Å². The van der Waals surface area contributed by atoms with Gasteiger partial charge in [0, 0.05) is 19.1 Å². The Morgan fingerprint density at radius 3 is 2.76 bits per heavy atom. The Morgan fingerprint density at radius 1 is 1.24 bits per heavy atom. The summed E-state index contributed by atoms with van der Waals surface area (Å²) in [6.07, 6.45) is 8.50. The predicted molar refractivity (Wildman–Crippen MR) is 126 cm³/mol. The number of ether oxygens (including phenoxy) is 1. The number of hydrogen-bond acceptors (Lipinski definition) is 8. The van der Waals surface area contributed by atoms with Crippen LogP contribution in [0.3, 0.4) is 0 Å². The molecule has 5 N–H and O–H groups in total. The molecule has 0 radical (unpaired) electrons. The van der Waals surface area contributed by atoms with Gasteiger partial charge in [0.25, 0.3) is 0 Å². The summed E-state index contributed by atoms with van der Waals surface area (Å²) >= 11 is 0. The van der Waals surface area contributed by atoms with Crippen LogP contribution in [0.15, 0.2) is 24.4 Å². The lowest BCUT2D eigenvalue weighted by Crippen LogP contribution is -2.58. The van der Waals surface area contributed by atoms with Crippen molar-refractivity contribution in [2.24, 2.45) is 28.9 Å². The molecule has 8 heteroatoms. The standard InChI is InChI=1S/C25H32N6O2/c1-33-21-8-15(2-3-20(21)32)4-5-28-24-29-13-19(12-26)23(31-24)30-14-25-9-16-6-17(10-25)22(27)18(7-16)11-25/h2-3,8,13,16-18,22,32H,4-7,9-11,14,27H2,1H3,(H2,28,29,30,31)/t16?,17-,18+,22?,25?. The number of phenolic OH excluding ortho intramolecular Hbond substituents is 1. The van der Waals surface area contributed by atoms with E-state index in [-0.39, 0.29) is 11.2 Å². The number of nitrogens with one attached hydrogen (secondary N) is 2. The van der Waals surface area contributed by atoms with E-state index < -0.39 is 0 Å². The summed E-state index contributed by atoms with van der Waals surface area (Å²) in [5.41, 5.74) is 8.27. The first-order valence-electron chi connectivity index (χ1n) is 11.8. The number of aromatic hydroxyl groups is 1. The second kappa shape index (κ2) is 8.71. The minimum Gasteiger partial charge on any atom is -0.504 e. The van der Waals surface area contributed by atoms with Gasteiger partial charge in [-0.2, -0.15) is 10.2 Å². The number of phenols is 1. The monoisotopic (exact) mass is 448 g/mol. The van der Waals surface area contributed by atoms with Gasteiger partial charge in [-0.15, -0.1) is 0 Å². The molecule has 0 spiro atoms. The first kappa shape index (κ1) is 21.8. The number of hydrogen-bond donors (Lipinski definition) is 4. The van der Waals surface area contributed by atoms with Crippen LogP contribution < -0.4 is 21.1 Å². The third kappa shape index (κ3) is 4.30. The van der Waals surface area contributed by atoms with Crippen molar-refractivity contribution in [3.05, 3.63) is 35.5 Å². The summed E-state index contributed by atoms with van der Waals surface area (Å²) in [5, 5.41) is 26.1. The topological polar surface area (TPSA) is 129 Å². The summed E-state index contributed by atoms with van der Waals surface area (Å²) < 4.78 is 5.17. The molecule has 4 aliphatic carbocycles. The lowest BCUT2D eigenvalue weighted by molar-refractivity contribution is -0.0591. The van der Waals surface area contributed by atoms with Gasteiger partial charge in [0.1, 0.15) is 17.5 Å². The van der Waals surface area contributed by atoms with Gasteiger partial charge in [0.05, 0.1) is 13.3 Å². The van der Waals surface area contributed by atoms with E-state index >= 15 is 0 Å². The van der Waals surface area contributed by atoms with Gasteiger partial charge >= 0.3 is 0 Å². The van der Waals surface area contributed by atoms with Crippen LogP contribution in [0.5, 0.6) is 11.5 Å². The van der Waals surface area contributed by atoms with E-state index in [0.717, 1.165) is 24.4 Å². The molecule has 4 saturated carbocycles. The summed E-state index contributed by atoms with van der Waals surface area (Å²) in [6.45, 7) is 1.45. The van der Waals surface area contributed by atoms with Gasteiger partial charge in [0.2, 0.25) is 5.95 Å². The third-order valence-electron chi connectivity index (χ3n) is 7.95. The van der Waals surface area contributed by atoms with Gasteiger partial charge in [-0.25, -0.2) is 4.98 Å². The highest BCUT2D eigenvalue weighted by Gasteiger charge is 2.54. The highest BCUT2D eigenvalue weighted by molar-refractivity contribution is 5.53. The Hall–Kier alpha value is -3.05. The fourth-order valence-electron chi connectivity index (χ4n) is 6.60. The van der Waals surface area contributed by atoms with Gasteiger partial charge in [0.15, 0.2) is 11.5 Å². The Morgan fingerprint density at radius 2 is 2.03 bits per heavy atom. The maximum atomic E-state index is 9.75. The molecule has 5 atom stereocenters. The summed E-state index contributed by atoms with van der Waals surface area (Å²) in [7, 11) is 1.54. The largest absolute Gasteiger partial charge is 0.504 e. The van der Waals surface area contributed by atoms with Crippen molar-refractivity contribution in [3.63, 3.8) is 0 Å². The number of aromatic nitrogens is 2. The lowest BCUT2D eigenvalue weighted by Gasteiger charge is -2.59. The summed E-state index contributed by atoms with van der Waals surface area (Å²) in [4.78, 5) is 8.92. The first-order valence-corrected chi connectivity index (χ1v) is 11.8. The molecule has 33 heavy (non-hydrogen) atoms. The molecule has 174 valence electrons. The van der Waals surface area contributed by atoms with Crippen molar-refractivity contribution in [3.8, 4) is 17.6 Å². The Bertz CT molecular complexity index is 1050. The van der Waals surface area contributed by atoms with Crippen molar-refractivity contribution in [1.29, 1.82) is 5.26 Å². The van der Waals surface area contributed by atoms with Crippen molar-refractivity contribution >= 4 is 11.8 Å². The van der Waals surface area contributed by atoms with Crippen LogP contribution in [0.2, 0.25) is 0 Å². The number of nitrogens with two attached hydrogens (primary N) is 1. The Kier molecular flexibility index (Phi) is 5.75. The highest BCUT2D eigenvalue weighted by atomic mass is 16.5. The second-order valence-electron chi connectivity index (χ2n) is 10.2. The van der Waals surface area contributed by atoms with Gasteiger partial charge in [-0.05, 0) is 79.4 Å². The van der Waals surface area contributed by atoms with Crippen LogP contribution in [0, 0.1) is 34.5 Å². The summed E-state index contributed by atoms with van der Waals surface area (Å²) in [6, 6.07) is 7.90. The van der Waals surface area contributed by atoms with Crippen LogP contribution in [0.4, 0.5) is 11.8 Å². The van der Waals surface area contributed by atoms with Gasteiger partial charge < -0.3 is 26.2 Å². The van der Waals surface area contributed by atoms with Crippen LogP contribution in [0.25, 0.3) is 0 Å². The fraction of sp³-hybridized carbons (Fsp3) is 0.560. The van der Waals surface area contributed by atoms with Crippen molar-refractivity contribution < 1.29 is 9.84 Å². The maximum Gasteiger partial charge on any atom is 0.224 e. The molecule has 0 amide bonds. The lowest BCUT2D eigenvalue weighted by atomic mass is 9.48. The van der Waals surface area contributed by atoms with Gasteiger partial charge in [-0.1, -0.05) is 6.07 Å². The van der Waals surface area contributed by atoms with E-state index in [1.807, 2.05) is 12.1 Å². The first-order chi connectivity index (χ1) is 16.0. The fourth-order valence-corrected chi connectivity index (χ4v) is 6.60. The molecule has 3 unspecified atom stereocenters. The average Bonchev–Trinajstić information content (AvgIpc) is 2.82. The number of nitrogens with zero attached hydrogens (tertiary/aromatic N) is 3. The highest BCUT2D eigenvalue weighted by Crippen LogP contribution is 2.59. The zero-order valence-corrected chi connectivity index (χ0v) is 19.1. The molecule has 4 bridgehead atoms. The molecule has 6 rings (SSSR count). The SMILES string of the molecule is COc1cc(CCNc2ncc(C#N)c(NCC34CC5C[C@H](C3)C(N)[C@@H](C5)C4)n2)ccc1O. The number of nitriles is 1. The molecule has 4 fully saturated rings. The predicted octanol–water partition coefficient (Wildman–Crippen LogP) is 3.28. The van der Waals surface area contributed by atoms with E-state index in [2.05, 4.69) is 26.7 Å². The van der Waals surface area contributed by atoms with E-state index in [1.165, 1.54) is 39.2 Å². The normalized spacial score (nSPS) is 29.5. The van der Waals surface area contributed by atoms with Crippen molar-refractivity contribution in [1.82, 2.24) is 9.97 Å². The Labute approximate surface area is 194 Å². The summed E-state index contributed by atoms with van der Waals surface area (Å²) in [5.74, 6) is 3.78. The number of rotatable bonds is 8. The molecule has 4 aliphatic rings. The number of benzene rings is 1. The van der Waals surface area contributed by atoms with Gasteiger partial charge in [-0.3, -0.25) is 0 Å². The molecule has 0 aliphatic heterocycles. The zero-order valence-electron chi connectivity index (χ0n) is 19.1. The second-order valence-corrected chi connectivity index (χ2v) is 10.2. The zero-order chi connectivity index (χ0) is 23.0. The van der Waals surface area contributed by atoms with Crippen molar-refractivity contribution in [2.75, 3.05) is 30.8 Å². The smallest absolute Gasteiger partial charge is 0.224 e. The van der Waals surface area contributed by atoms with Crippen LogP contribution in [-0.4, -0.2) is 41.3 Å². The van der Waals surface area contributed by atoms with E-state index in [0.29, 0.717) is 47.5 Å². The quantitative estimate of drug-likeness (QED) is 0.484. The molecule has 8 nitrogen and oxygen atoms in total. The van der Waals surface area contributed by atoms with Crippen molar-refractivity contribution in [2.45, 2.75) is 44.6 Å². The molecule has 1 heterocycles. The average molecular weight is 449 g/mol. The number of methoxy groups -OCH3 is 1. The maximum absolute atomic E-state index is 9.75. The molecule has 0 saturated heterocycles. The number of anilines is 2. The van der Waals surface area contributed by atoms with E-state index in [4.69, 9.17) is 10.5 Å². The Balaban J connectivity index is 1.22. The molecule has 1 aromatic carbocycles. The van der Waals surface area contributed by atoms with Crippen LogP contribution in [-0.2, 0) is 6.42 Å². The minimum absolute atomic E-state index is 0.126. The van der Waals surface area contributed by atoms with E-state index in [1.54, 1.807) is 12.3 Å². The third-order valence-corrected chi connectivity index (χ3v) is 7.95. The molecule has 2 aromatic rings. The molecular weight excluding hydrogens is 416 g/mol. The van der Waals surface area contributed by atoms with Crippen LogP contribution in [0.1, 0.15) is 43.2 Å².